The first-order chi connectivity index (χ1) is 14.7. The molecule has 0 unspecified atom stereocenters. The summed E-state index contributed by atoms with van der Waals surface area (Å²) in [6.07, 6.45) is 0. The highest BCUT2D eigenvalue weighted by molar-refractivity contribution is 7.98. The molecule has 0 saturated heterocycles. The van der Waals surface area contributed by atoms with E-state index < -0.39 is 0 Å². The Morgan fingerprint density at radius 1 is 0.967 bits per heavy atom. The summed E-state index contributed by atoms with van der Waals surface area (Å²) >= 11 is 3.10. The van der Waals surface area contributed by atoms with Crippen LogP contribution in [0.1, 0.15) is 15.9 Å². The molecule has 1 amide bonds. The zero-order valence-corrected chi connectivity index (χ0v) is 17.9. The van der Waals surface area contributed by atoms with Gasteiger partial charge < -0.3 is 4.74 Å². The molecule has 30 heavy (non-hydrogen) atoms. The lowest BCUT2D eigenvalue weighted by molar-refractivity contribution is 0.102. The monoisotopic (exact) mass is 433 g/mol. The molecule has 0 radical (unpaired) electrons. The van der Waals surface area contributed by atoms with Gasteiger partial charge in [0.25, 0.3) is 5.91 Å². The molecule has 0 aliphatic heterocycles. The Balaban J connectivity index is 1.51. The molecule has 150 valence electrons. The summed E-state index contributed by atoms with van der Waals surface area (Å²) in [4.78, 5) is 13.7. The Hall–Kier alpha value is -3.16. The third kappa shape index (κ3) is 4.69. The van der Waals surface area contributed by atoms with E-state index in [9.17, 15) is 4.79 Å². The molecule has 5 nitrogen and oxygen atoms in total. The molecule has 1 N–H and O–H groups in total. The fourth-order valence-corrected chi connectivity index (χ4v) is 4.74. The van der Waals surface area contributed by atoms with Gasteiger partial charge in [0.2, 0.25) is 5.13 Å². The van der Waals surface area contributed by atoms with Gasteiger partial charge in [0.05, 0.1) is 12.7 Å². The number of aromatic nitrogens is 2. The van der Waals surface area contributed by atoms with E-state index in [0.29, 0.717) is 16.4 Å². The predicted molar refractivity (Wildman–Crippen MR) is 122 cm³/mol. The summed E-state index contributed by atoms with van der Waals surface area (Å²) in [5.41, 5.74) is 2.73. The van der Waals surface area contributed by atoms with E-state index in [-0.39, 0.29) is 5.91 Å². The van der Waals surface area contributed by atoms with Crippen molar-refractivity contribution in [3.05, 3.63) is 90.0 Å². The number of carbonyl (C=O) groups is 1. The second-order valence-corrected chi connectivity index (χ2v) is 8.33. The number of anilines is 1. The minimum absolute atomic E-state index is 0.276. The summed E-state index contributed by atoms with van der Waals surface area (Å²) in [5.74, 6) is 1.11. The van der Waals surface area contributed by atoms with E-state index in [1.54, 1.807) is 37.1 Å². The van der Waals surface area contributed by atoms with Crippen LogP contribution in [0.4, 0.5) is 5.13 Å². The number of methoxy groups -OCH3 is 1. The Kier molecular flexibility index (Phi) is 6.41. The van der Waals surface area contributed by atoms with Crippen LogP contribution < -0.4 is 10.1 Å². The van der Waals surface area contributed by atoms with Crippen molar-refractivity contribution in [3.63, 3.8) is 0 Å². The molecule has 0 saturated carbocycles. The van der Waals surface area contributed by atoms with E-state index in [1.807, 2.05) is 42.5 Å². The number of carbonyl (C=O) groups excluding carboxylic acids is 1. The average Bonchev–Trinajstić information content (AvgIpc) is 3.26. The van der Waals surface area contributed by atoms with Gasteiger partial charge in [-0.05, 0) is 23.8 Å². The third-order valence-corrected chi connectivity index (χ3v) is 6.37. The Bertz CT molecular complexity index is 1150. The zero-order chi connectivity index (χ0) is 20.8. The molecule has 0 fully saturated rings. The number of hydrogen-bond donors (Lipinski definition) is 1. The summed E-state index contributed by atoms with van der Waals surface area (Å²) < 4.78 is 5.26. The van der Waals surface area contributed by atoms with Gasteiger partial charge >= 0.3 is 0 Å². The maximum Gasteiger partial charge on any atom is 0.261 e. The molecule has 4 rings (SSSR count). The van der Waals surface area contributed by atoms with Crippen LogP contribution in [0, 0.1) is 0 Å². The molecule has 1 aromatic heterocycles. The number of para-hydroxylation sites is 1. The highest BCUT2D eigenvalue weighted by Gasteiger charge is 2.16. The first kappa shape index (κ1) is 20.1. The van der Waals surface area contributed by atoms with Crippen LogP contribution in [0.25, 0.3) is 10.6 Å². The second-order valence-electron chi connectivity index (χ2n) is 6.34. The zero-order valence-electron chi connectivity index (χ0n) is 16.2. The number of thioether (sulfide) groups is 1. The molecule has 0 aliphatic carbocycles. The van der Waals surface area contributed by atoms with Crippen molar-refractivity contribution >= 4 is 34.1 Å². The van der Waals surface area contributed by atoms with Gasteiger partial charge in [-0.25, -0.2) is 0 Å². The van der Waals surface area contributed by atoms with E-state index in [0.717, 1.165) is 21.2 Å². The normalized spacial score (nSPS) is 10.6. The van der Waals surface area contributed by atoms with Gasteiger partial charge in [0.15, 0.2) is 5.01 Å². The van der Waals surface area contributed by atoms with E-state index >= 15 is 0 Å². The van der Waals surface area contributed by atoms with Crippen molar-refractivity contribution in [3.8, 4) is 16.3 Å². The minimum atomic E-state index is -0.276. The molecule has 0 bridgehead atoms. The van der Waals surface area contributed by atoms with E-state index in [2.05, 4.69) is 33.7 Å². The standard InChI is InChI=1S/C23H19N3O2S2/c1-28-19-13-7-5-11-17(19)21(27)24-23-26-25-22(30-23)18-12-6-8-14-20(18)29-15-16-9-3-2-4-10-16/h2-14H,15H2,1H3,(H,24,26,27). The Labute approximate surface area is 183 Å². The minimum Gasteiger partial charge on any atom is -0.496 e. The van der Waals surface area contributed by atoms with Crippen molar-refractivity contribution in [2.75, 3.05) is 12.4 Å². The summed E-state index contributed by atoms with van der Waals surface area (Å²) in [5, 5.41) is 12.5. The second kappa shape index (κ2) is 9.56. The van der Waals surface area contributed by atoms with Crippen LogP contribution >= 0.6 is 23.1 Å². The number of amides is 1. The fraction of sp³-hybridized carbons (Fsp3) is 0.0870. The van der Waals surface area contributed by atoms with Gasteiger partial charge in [-0.3, -0.25) is 10.1 Å². The van der Waals surface area contributed by atoms with Gasteiger partial charge in [0.1, 0.15) is 5.75 Å². The predicted octanol–water partition coefficient (Wildman–Crippen LogP) is 5.76. The molecule has 0 aliphatic rings. The molecular formula is C23H19N3O2S2. The maximum atomic E-state index is 12.6. The number of ether oxygens (including phenoxy) is 1. The summed E-state index contributed by atoms with van der Waals surface area (Å²) in [7, 11) is 1.54. The SMILES string of the molecule is COc1ccccc1C(=O)Nc1nnc(-c2ccccc2SCc2ccccc2)s1. The number of benzene rings is 3. The van der Waals surface area contributed by atoms with Crippen molar-refractivity contribution in [1.29, 1.82) is 0 Å². The Morgan fingerprint density at radius 2 is 1.70 bits per heavy atom. The lowest BCUT2D eigenvalue weighted by atomic mass is 10.2. The van der Waals surface area contributed by atoms with Crippen LogP contribution in [0.2, 0.25) is 0 Å². The molecule has 0 spiro atoms. The van der Waals surface area contributed by atoms with Crippen LogP contribution in [0.5, 0.6) is 5.75 Å². The molecular weight excluding hydrogens is 414 g/mol. The molecule has 1 heterocycles. The number of nitrogens with zero attached hydrogens (tertiary/aromatic N) is 2. The first-order valence-electron chi connectivity index (χ1n) is 9.28. The van der Waals surface area contributed by atoms with Crippen molar-refractivity contribution in [1.82, 2.24) is 10.2 Å². The lowest BCUT2D eigenvalue weighted by Gasteiger charge is -2.07. The molecule has 3 aromatic carbocycles. The van der Waals surface area contributed by atoms with Gasteiger partial charge in [-0.2, -0.15) is 0 Å². The van der Waals surface area contributed by atoms with Gasteiger partial charge in [-0.1, -0.05) is 72.0 Å². The average molecular weight is 434 g/mol. The quantitative estimate of drug-likeness (QED) is 0.376. The third-order valence-electron chi connectivity index (χ3n) is 4.35. The van der Waals surface area contributed by atoms with Gasteiger partial charge in [0, 0.05) is 16.2 Å². The fourth-order valence-electron chi connectivity index (χ4n) is 2.88. The van der Waals surface area contributed by atoms with Crippen LogP contribution in [-0.2, 0) is 5.75 Å². The van der Waals surface area contributed by atoms with Crippen molar-refractivity contribution < 1.29 is 9.53 Å². The summed E-state index contributed by atoms with van der Waals surface area (Å²) in [6.45, 7) is 0. The van der Waals surface area contributed by atoms with Gasteiger partial charge in [-0.15, -0.1) is 22.0 Å². The van der Waals surface area contributed by atoms with Crippen molar-refractivity contribution in [2.45, 2.75) is 10.6 Å². The number of hydrogen-bond acceptors (Lipinski definition) is 6. The summed E-state index contributed by atoms with van der Waals surface area (Å²) in [6, 6.07) is 25.5. The first-order valence-corrected chi connectivity index (χ1v) is 11.1. The van der Waals surface area contributed by atoms with Crippen LogP contribution in [-0.4, -0.2) is 23.2 Å². The van der Waals surface area contributed by atoms with E-state index in [1.165, 1.54) is 16.9 Å². The molecule has 7 heteroatoms. The topological polar surface area (TPSA) is 64.1 Å². The van der Waals surface area contributed by atoms with E-state index in [4.69, 9.17) is 4.74 Å². The smallest absolute Gasteiger partial charge is 0.261 e. The number of nitrogens with one attached hydrogen (secondary N) is 1. The highest BCUT2D eigenvalue weighted by atomic mass is 32.2. The van der Waals surface area contributed by atoms with Crippen molar-refractivity contribution in [2.24, 2.45) is 0 Å². The largest absolute Gasteiger partial charge is 0.496 e. The number of rotatable bonds is 7. The van der Waals surface area contributed by atoms with Crippen LogP contribution in [0.3, 0.4) is 0 Å². The maximum absolute atomic E-state index is 12.6. The highest BCUT2D eigenvalue weighted by Crippen LogP contribution is 2.36. The molecule has 0 atom stereocenters. The molecule has 4 aromatic rings. The Morgan fingerprint density at radius 3 is 2.53 bits per heavy atom. The van der Waals surface area contributed by atoms with Crippen LogP contribution in [0.15, 0.2) is 83.8 Å². The lowest BCUT2D eigenvalue weighted by Crippen LogP contribution is -2.12.